The Morgan fingerprint density at radius 1 is 1.03 bits per heavy atom. The van der Waals surface area contributed by atoms with Gasteiger partial charge in [0.25, 0.3) is 11.6 Å². The highest BCUT2D eigenvalue weighted by Gasteiger charge is 2.20. The molecule has 1 amide bonds. The van der Waals surface area contributed by atoms with E-state index in [4.69, 9.17) is 14.6 Å². The molecule has 35 heavy (non-hydrogen) atoms. The van der Waals surface area contributed by atoms with Gasteiger partial charge in [0.05, 0.1) is 54.8 Å². The second-order valence-electron chi connectivity index (χ2n) is 8.64. The van der Waals surface area contributed by atoms with Gasteiger partial charge < -0.3 is 19.7 Å². The molecule has 3 aromatic rings. The van der Waals surface area contributed by atoms with Crippen molar-refractivity contribution in [3.8, 4) is 0 Å². The van der Waals surface area contributed by atoms with E-state index in [-0.39, 0.29) is 11.3 Å². The number of anilines is 2. The molecule has 1 aromatic heterocycles. The Labute approximate surface area is 202 Å². The highest BCUT2D eigenvalue weighted by Crippen LogP contribution is 2.32. The van der Waals surface area contributed by atoms with Crippen LogP contribution in [-0.2, 0) is 16.0 Å². The van der Waals surface area contributed by atoms with Gasteiger partial charge in [0, 0.05) is 62.0 Å². The third-order valence-electron chi connectivity index (χ3n) is 6.34. The van der Waals surface area contributed by atoms with Gasteiger partial charge in [-0.3, -0.25) is 24.5 Å². The fourth-order valence-electron chi connectivity index (χ4n) is 4.42. The number of fused-ring (bicyclic) bond motifs is 1. The summed E-state index contributed by atoms with van der Waals surface area (Å²) < 4.78 is 12.9. The summed E-state index contributed by atoms with van der Waals surface area (Å²) >= 11 is 0. The number of hydrogen-bond acceptors (Lipinski definition) is 8. The molecule has 2 aliphatic rings. The van der Waals surface area contributed by atoms with E-state index >= 15 is 0 Å². The van der Waals surface area contributed by atoms with Crippen LogP contribution < -0.4 is 10.2 Å². The maximum Gasteiger partial charge on any atom is 0.270 e. The number of nitrogens with zero attached hydrogens (tertiary/aromatic N) is 5. The highest BCUT2D eigenvalue weighted by molar-refractivity contribution is 6.07. The van der Waals surface area contributed by atoms with Crippen LogP contribution in [0.5, 0.6) is 0 Å². The van der Waals surface area contributed by atoms with Crippen LogP contribution in [0.25, 0.3) is 10.9 Å². The first-order valence-corrected chi connectivity index (χ1v) is 11.8. The Hall–Kier alpha value is -3.54. The normalized spacial score (nSPS) is 17.0. The van der Waals surface area contributed by atoms with Crippen molar-refractivity contribution in [2.75, 3.05) is 69.4 Å². The van der Waals surface area contributed by atoms with Crippen molar-refractivity contribution in [3.63, 3.8) is 0 Å². The molecule has 0 radical (unpaired) electrons. The van der Waals surface area contributed by atoms with Crippen LogP contribution in [-0.4, -0.2) is 84.7 Å². The van der Waals surface area contributed by atoms with Crippen LogP contribution in [0.3, 0.4) is 0 Å². The van der Waals surface area contributed by atoms with Crippen molar-refractivity contribution in [2.24, 2.45) is 0 Å². The lowest BCUT2D eigenvalue weighted by Gasteiger charge is -2.30. The average molecular weight is 481 g/mol. The zero-order valence-corrected chi connectivity index (χ0v) is 19.4. The summed E-state index contributed by atoms with van der Waals surface area (Å²) in [6.07, 6.45) is 1.99. The van der Waals surface area contributed by atoms with Crippen molar-refractivity contribution < 1.29 is 19.2 Å². The Morgan fingerprint density at radius 2 is 1.77 bits per heavy atom. The topological polar surface area (TPSA) is 115 Å². The van der Waals surface area contributed by atoms with Crippen LogP contribution in [0.4, 0.5) is 17.1 Å². The lowest BCUT2D eigenvalue weighted by Crippen LogP contribution is -2.38. The number of nitrogens with one attached hydrogen (secondary N) is 1. The number of ether oxygens (including phenoxy) is 2. The number of hydrogen-bond donors (Lipinski definition) is 1. The van der Waals surface area contributed by atoms with Crippen molar-refractivity contribution in [1.29, 1.82) is 0 Å². The van der Waals surface area contributed by atoms with Crippen LogP contribution in [0.15, 0.2) is 42.6 Å². The molecule has 2 fully saturated rings. The second kappa shape index (κ2) is 10.4. The number of nitro groups is 1. The lowest BCUT2D eigenvalue weighted by atomic mass is 10.1. The monoisotopic (exact) mass is 480 g/mol. The average Bonchev–Trinajstić information content (AvgIpc) is 3.30. The van der Waals surface area contributed by atoms with Gasteiger partial charge >= 0.3 is 0 Å². The summed E-state index contributed by atoms with van der Waals surface area (Å²) in [6.45, 7) is 7.63. The van der Waals surface area contributed by atoms with Crippen molar-refractivity contribution in [2.45, 2.75) is 6.54 Å². The Kier molecular flexibility index (Phi) is 6.89. The van der Waals surface area contributed by atoms with Crippen molar-refractivity contribution >= 4 is 33.9 Å². The van der Waals surface area contributed by atoms with E-state index < -0.39 is 10.8 Å². The van der Waals surface area contributed by atoms with E-state index in [1.165, 1.54) is 18.2 Å². The van der Waals surface area contributed by atoms with Gasteiger partial charge in [0.15, 0.2) is 0 Å². The van der Waals surface area contributed by atoms with Gasteiger partial charge in [0.1, 0.15) is 0 Å². The van der Waals surface area contributed by atoms with Crippen LogP contribution in [0.2, 0.25) is 0 Å². The molecule has 5 rings (SSSR count). The molecule has 11 heteroatoms. The van der Waals surface area contributed by atoms with Gasteiger partial charge in [-0.05, 0) is 18.2 Å². The largest absolute Gasteiger partial charge is 0.379 e. The fraction of sp³-hybridized carbons (Fsp3) is 0.417. The first-order valence-electron chi connectivity index (χ1n) is 11.8. The first kappa shape index (κ1) is 23.2. The summed E-state index contributed by atoms with van der Waals surface area (Å²) in [5.41, 5.74) is 2.46. The maximum atomic E-state index is 13.0. The van der Waals surface area contributed by atoms with Gasteiger partial charge in [0.2, 0.25) is 0 Å². The summed E-state index contributed by atoms with van der Waals surface area (Å²) in [5.74, 6) is -0.401. The fourth-order valence-corrected chi connectivity index (χ4v) is 4.42. The standard InChI is InChI=1S/C24H28N6O5/c31-24(18-2-1-3-20(14-18)30(32)33)25-22-15-19-17-29(5-4-27-6-10-34-11-7-27)26-21(19)16-23(22)28-8-12-35-13-9-28/h1-3,14-17H,4-13H2,(H,25,31). The lowest BCUT2D eigenvalue weighted by molar-refractivity contribution is -0.384. The number of carbonyl (C=O) groups excluding carboxylic acids is 1. The predicted octanol–water partition coefficient (Wildman–Crippen LogP) is 2.37. The minimum absolute atomic E-state index is 0.122. The summed E-state index contributed by atoms with van der Waals surface area (Å²) in [4.78, 5) is 28.2. The van der Waals surface area contributed by atoms with E-state index in [1.807, 2.05) is 23.0 Å². The molecule has 1 N–H and O–H groups in total. The summed E-state index contributed by atoms with van der Waals surface area (Å²) in [5, 5.41) is 19.8. The van der Waals surface area contributed by atoms with Crippen molar-refractivity contribution in [3.05, 3.63) is 58.3 Å². The quantitative estimate of drug-likeness (QED) is 0.405. The molecule has 0 saturated carbocycles. The smallest absolute Gasteiger partial charge is 0.270 e. The predicted molar refractivity (Wildman–Crippen MR) is 131 cm³/mol. The number of carbonyl (C=O) groups is 1. The molecule has 0 unspecified atom stereocenters. The Balaban J connectivity index is 1.41. The molecule has 3 heterocycles. The van der Waals surface area contributed by atoms with Gasteiger partial charge in [-0.15, -0.1) is 0 Å². The minimum Gasteiger partial charge on any atom is -0.379 e. The molecule has 0 spiro atoms. The van der Waals surface area contributed by atoms with Crippen molar-refractivity contribution in [1.82, 2.24) is 14.7 Å². The molecule has 0 aliphatic carbocycles. The molecule has 2 saturated heterocycles. The molecule has 0 bridgehead atoms. The third kappa shape index (κ3) is 5.42. The van der Waals surface area contributed by atoms with E-state index in [0.29, 0.717) is 32.0 Å². The zero-order valence-electron chi connectivity index (χ0n) is 19.4. The maximum absolute atomic E-state index is 13.0. The minimum atomic E-state index is -0.507. The molecule has 11 nitrogen and oxygen atoms in total. The van der Waals surface area contributed by atoms with E-state index in [2.05, 4.69) is 15.1 Å². The van der Waals surface area contributed by atoms with E-state index in [9.17, 15) is 14.9 Å². The summed E-state index contributed by atoms with van der Waals surface area (Å²) in [7, 11) is 0. The van der Waals surface area contributed by atoms with E-state index in [0.717, 1.165) is 56.0 Å². The van der Waals surface area contributed by atoms with Gasteiger partial charge in [-0.2, -0.15) is 5.10 Å². The van der Waals surface area contributed by atoms with Crippen LogP contribution >= 0.6 is 0 Å². The number of nitro benzene ring substituents is 1. The third-order valence-corrected chi connectivity index (χ3v) is 6.34. The molecule has 2 aliphatic heterocycles. The number of morpholine rings is 2. The summed E-state index contributed by atoms with van der Waals surface area (Å²) in [6, 6.07) is 9.65. The SMILES string of the molecule is O=C(Nc1cc2cn(CCN3CCOCC3)nc2cc1N1CCOCC1)c1cccc([N+](=O)[O-])c1. The molecule has 0 atom stereocenters. The molecular formula is C24H28N6O5. The van der Waals surface area contributed by atoms with Gasteiger partial charge in [-0.25, -0.2) is 0 Å². The number of rotatable bonds is 7. The highest BCUT2D eigenvalue weighted by atomic mass is 16.6. The first-order chi connectivity index (χ1) is 17.1. The van der Waals surface area contributed by atoms with E-state index in [1.54, 1.807) is 6.07 Å². The number of benzene rings is 2. The zero-order chi connectivity index (χ0) is 24.2. The number of non-ortho nitro benzene ring substituents is 1. The van der Waals surface area contributed by atoms with Gasteiger partial charge in [-0.1, -0.05) is 6.07 Å². The molecule has 184 valence electrons. The van der Waals surface area contributed by atoms with Crippen LogP contribution in [0.1, 0.15) is 10.4 Å². The number of aromatic nitrogens is 2. The molecule has 2 aromatic carbocycles. The molecular weight excluding hydrogens is 452 g/mol. The Morgan fingerprint density at radius 3 is 2.51 bits per heavy atom. The number of amides is 1. The second-order valence-corrected chi connectivity index (χ2v) is 8.64. The van der Waals surface area contributed by atoms with Crippen LogP contribution in [0, 0.1) is 10.1 Å². The Bertz CT molecular complexity index is 1220.